The van der Waals surface area contributed by atoms with Crippen LogP contribution in [0.3, 0.4) is 0 Å². The molecular weight excluding hydrogens is 381 g/mol. The van der Waals surface area contributed by atoms with Gasteiger partial charge in [-0.15, -0.1) is 11.3 Å². The Labute approximate surface area is 127 Å². The Balaban J connectivity index is 2.28. The van der Waals surface area contributed by atoms with Crippen LogP contribution < -0.4 is 5.32 Å². The summed E-state index contributed by atoms with van der Waals surface area (Å²) in [5.74, 6) is -0.176. The van der Waals surface area contributed by atoms with Crippen LogP contribution in [0.25, 0.3) is 0 Å². The quantitative estimate of drug-likeness (QED) is 0.778. The van der Waals surface area contributed by atoms with Gasteiger partial charge in [-0.2, -0.15) is 0 Å². The molecule has 1 heterocycles. The van der Waals surface area contributed by atoms with E-state index in [0.29, 0.717) is 5.56 Å². The van der Waals surface area contributed by atoms with Crippen LogP contribution in [-0.4, -0.2) is 7.05 Å². The van der Waals surface area contributed by atoms with Gasteiger partial charge in [0.1, 0.15) is 5.82 Å². The molecule has 96 valence electrons. The lowest BCUT2D eigenvalue weighted by atomic mass is 10.0. The average Bonchev–Trinajstić information content (AvgIpc) is 2.75. The maximum atomic E-state index is 13.9. The van der Waals surface area contributed by atoms with Crippen LogP contribution in [0.4, 0.5) is 4.39 Å². The highest BCUT2D eigenvalue weighted by molar-refractivity contribution is 9.10. The Kier molecular flexibility index (Phi) is 4.95. The van der Waals surface area contributed by atoms with Crippen molar-refractivity contribution in [3.05, 3.63) is 54.8 Å². The van der Waals surface area contributed by atoms with Gasteiger partial charge in [0.25, 0.3) is 0 Å². The van der Waals surface area contributed by atoms with Gasteiger partial charge in [0.15, 0.2) is 0 Å². The summed E-state index contributed by atoms with van der Waals surface area (Å²) >= 11 is 8.57. The van der Waals surface area contributed by atoms with E-state index in [4.69, 9.17) is 0 Å². The number of rotatable bonds is 4. The third-order valence-corrected chi connectivity index (χ3v) is 5.20. The molecule has 2 aromatic rings. The molecule has 2 rings (SSSR count). The van der Waals surface area contributed by atoms with E-state index in [1.54, 1.807) is 17.4 Å². The van der Waals surface area contributed by atoms with E-state index in [2.05, 4.69) is 37.2 Å². The molecular formula is C13H12Br2FNS. The molecule has 18 heavy (non-hydrogen) atoms. The Bertz CT molecular complexity index is 542. The van der Waals surface area contributed by atoms with E-state index in [9.17, 15) is 4.39 Å². The number of nitrogens with one attached hydrogen (secondary N) is 1. The molecule has 1 nitrogen and oxygen atoms in total. The Hall–Kier alpha value is -0.230. The summed E-state index contributed by atoms with van der Waals surface area (Å²) in [7, 11) is 1.85. The van der Waals surface area contributed by atoms with Crippen LogP contribution in [0, 0.1) is 5.82 Å². The first-order valence-corrected chi connectivity index (χ1v) is 7.92. The first-order chi connectivity index (χ1) is 8.61. The van der Waals surface area contributed by atoms with Crippen LogP contribution in [0.15, 0.2) is 38.6 Å². The SMILES string of the molecule is CNC(Cc1sccc1Br)c1cc(Br)ccc1F. The zero-order valence-electron chi connectivity index (χ0n) is 9.71. The van der Waals surface area contributed by atoms with Gasteiger partial charge in [-0.25, -0.2) is 4.39 Å². The molecule has 1 N–H and O–H groups in total. The molecule has 0 amide bonds. The highest BCUT2D eigenvalue weighted by atomic mass is 79.9. The molecule has 0 saturated heterocycles. The lowest BCUT2D eigenvalue weighted by Gasteiger charge is -2.17. The normalized spacial score (nSPS) is 12.7. The molecule has 0 bridgehead atoms. The topological polar surface area (TPSA) is 12.0 Å². The van der Waals surface area contributed by atoms with Crippen LogP contribution in [0.5, 0.6) is 0 Å². The van der Waals surface area contributed by atoms with E-state index in [1.807, 2.05) is 24.6 Å². The molecule has 1 atom stereocenters. The van der Waals surface area contributed by atoms with Gasteiger partial charge in [-0.3, -0.25) is 0 Å². The molecule has 1 aromatic heterocycles. The monoisotopic (exact) mass is 391 g/mol. The Morgan fingerprint density at radius 1 is 1.33 bits per heavy atom. The fraction of sp³-hybridized carbons (Fsp3) is 0.231. The molecule has 0 aliphatic heterocycles. The fourth-order valence-electron chi connectivity index (χ4n) is 1.81. The molecule has 0 saturated carbocycles. The van der Waals surface area contributed by atoms with Crippen LogP contribution in [0.2, 0.25) is 0 Å². The van der Waals surface area contributed by atoms with Crippen molar-refractivity contribution in [2.24, 2.45) is 0 Å². The van der Waals surface area contributed by atoms with Crippen molar-refractivity contribution in [2.45, 2.75) is 12.5 Å². The predicted molar refractivity (Wildman–Crippen MR) is 81.6 cm³/mol. The smallest absolute Gasteiger partial charge is 0.128 e. The number of halogens is 3. The minimum Gasteiger partial charge on any atom is -0.313 e. The van der Waals surface area contributed by atoms with Crippen LogP contribution in [-0.2, 0) is 6.42 Å². The average molecular weight is 393 g/mol. The van der Waals surface area contributed by atoms with Crippen molar-refractivity contribution in [3.8, 4) is 0 Å². The van der Waals surface area contributed by atoms with Crippen molar-refractivity contribution >= 4 is 43.2 Å². The number of likely N-dealkylation sites (N-methyl/N-ethyl adjacent to an activating group) is 1. The van der Waals surface area contributed by atoms with E-state index in [1.165, 1.54) is 10.9 Å². The molecule has 0 fully saturated rings. The van der Waals surface area contributed by atoms with Gasteiger partial charge in [-0.1, -0.05) is 15.9 Å². The van der Waals surface area contributed by atoms with E-state index in [0.717, 1.165) is 15.4 Å². The second-order valence-electron chi connectivity index (χ2n) is 3.90. The summed E-state index contributed by atoms with van der Waals surface area (Å²) in [4.78, 5) is 1.22. The van der Waals surface area contributed by atoms with Crippen molar-refractivity contribution in [2.75, 3.05) is 7.05 Å². The number of thiophene rings is 1. The second kappa shape index (κ2) is 6.28. The summed E-state index contributed by atoms with van der Waals surface area (Å²) in [6.07, 6.45) is 0.766. The van der Waals surface area contributed by atoms with E-state index < -0.39 is 0 Å². The van der Waals surface area contributed by atoms with Crippen LogP contribution in [0.1, 0.15) is 16.5 Å². The summed E-state index contributed by atoms with van der Waals surface area (Å²) in [6, 6.07) is 7.03. The van der Waals surface area contributed by atoms with Crippen molar-refractivity contribution in [1.82, 2.24) is 5.32 Å². The lowest BCUT2D eigenvalue weighted by molar-refractivity contribution is 0.535. The third-order valence-electron chi connectivity index (χ3n) is 2.76. The Morgan fingerprint density at radius 2 is 2.11 bits per heavy atom. The summed E-state index contributed by atoms with van der Waals surface area (Å²) in [5, 5.41) is 5.21. The highest BCUT2D eigenvalue weighted by Gasteiger charge is 2.16. The standard InChI is InChI=1S/C13H12Br2FNS/c1-17-12(7-13-10(15)4-5-18-13)9-6-8(14)2-3-11(9)16/h2-6,12,17H,7H2,1H3. The fourth-order valence-corrected chi connectivity index (χ4v) is 3.75. The summed E-state index contributed by atoms with van der Waals surface area (Å²) in [6.45, 7) is 0. The van der Waals surface area contributed by atoms with Gasteiger partial charge in [0.2, 0.25) is 0 Å². The molecule has 0 radical (unpaired) electrons. The van der Waals surface area contributed by atoms with Gasteiger partial charge < -0.3 is 5.32 Å². The van der Waals surface area contributed by atoms with Crippen molar-refractivity contribution in [3.63, 3.8) is 0 Å². The van der Waals surface area contributed by atoms with Gasteiger partial charge >= 0.3 is 0 Å². The molecule has 0 aliphatic carbocycles. The van der Waals surface area contributed by atoms with Crippen molar-refractivity contribution < 1.29 is 4.39 Å². The first kappa shape index (κ1) is 14.2. The van der Waals surface area contributed by atoms with E-state index in [-0.39, 0.29) is 11.9 Å². The van der Waals surface area contributed by atoms with Gasteiger partial charge in [-0.05, 0) is 52.6 Å². The number of benzene rings is 1. The highest BCUT2D eigenvalue weighted by Crippen LogP contribution is 2.30. The minimum atomic E-state index is -0.176. The Morgan fingerprint density at radius 3 is 2.72 bits per heavy atom. The molecule has 1 unspecified atom stereocenters. The van der Waals surface area contributed by atoms with E-state index >= 15 is 0 Å². The molecule has 1 aromatic carbocycles. The maximum absolute atomic E-state index is 13.9. The molecule has 5 heteroatoms. The van der Waals surface area contributed by atoms with Gasteiger partial charge in [0.05, 0.1) is 0 Å². The third kappa shape index (κ3) is 3.20. The minimum absolute atomic E-state index is 0.0301. The van der Waals surface area contributed by atoms with Gasteiger partial charge in [0, 0.05) is 31.8 Å². The zero-order valence-corrected chi connectivity index (χ0v) is 13.7. The molecule has 0 aliphatic rings. The number of hydrogen-bond acceptors (Lipinski definition) is 2. The largest absolute Gasteiger partial charge is 0.313 e. The second-order valence-corrected chi connectivity index (χ2v) is 6.67. The summed E-state index contributed by atoms with van der Waals surface area (Å²) in [5.41, 5.74) is 0.687. The molecule has 0 spiro atoms. The predicted octanol–water partition coefficient (Wildman–Crippen LogP) is 4.92. The van der Waals surface area contributed by atoms with Crippen LogP contribution >= 0.6 is 43.2 Å². The van der Waals surface area contributed by atoms with Crippen molar-refractivity contribution in [1.29, 1.82) is 0 Å². The zero-order chi connectivity index (χ0) is 13.1. The summed E-state index contributed by atoms with van der Waals surface area (Å²) < 4.78 is 15.8. The first-order valence-electron chi connectivity index (χ1n) is 5.46. The lowest BCUT2D eigenvalue weighted by Crippen LogP contribution is -2.19. The number of hydrogen-bond donors (Lipinski definition) is 1. The maximum Gasteiger partial charge on any atom is 0.128 e.